The van der Waals surface area contributed by atoms with E-state index in [2.05, 4.69) is 5.32 Å². The van der Waals surface area contributed by atoms with Crippen LogP contribution in [0.2, 0.25) is 0 Å². The molecule has 0 aromatic carbocycles. The topological polar surface area (TPSA) is 50.7 Å². The Morgan fingerprint density at radius 1 is 1.29 bits per heavy atom. The van der Waals surface area contributed by atoms with Crippen molar-refractivity contribution >= 4 is 0 Å². The number of aliphatic hydroxyl groups is 1. The zero-order valence-electron chi connectivity index (χ0n) is 10.8. The molecule has 2 saturated carbocycles. The Morgan fingerprint density at radius 2 is 2.12 bits per heavy atom. The molecule has 0 spiro atoms. The summed E-state index contributed by atoms with van der Waals surface area (Å²) in [4.78, 5) is 0. The lowest BCUT2D eigenvalue weighted by Crippen LogP contribution is -2.48. The molecule has 4 heteroatoms. The average molecular weight is 243 g/mol. The fourth-order valence-electron chi connectivity index (χ4n) is 2.62. The van der Waals surface area contributed by atoms with Crippen molar-refractivity contribution < 1.29 is 14.6 Å². The Hall–Kier alpha value is -0.160. The molecule has 0 bridgehead atoms. The summed E-state index contributed by atoms with van der Waals surface area (Å²) >= 11 is 0. The Labute approximate surface area is 104 Å². The van der Waals surface area contributed by atoms with Crippen LogP contribution in [0, 0.1) is 0 Å². The third kappa shape index (κ3) is 3.91. The van der Waals surface area contributed by atoms with Gasteiger partial charge in [-0.1, -0.05) is 0 Å². The second-order valence-electron chi connectivity index (χ2n) is 5.29. The highest BCUT2D eigenvalue weighted by Crippen LogP contribution is 2.35. The van der Waals surface area contributed by atoms with Crippen molar-refractivity contribution in [3.05, 3.63) is 0 Å². The monoisotopic (exact) mass is 243 g/mol. The van der Waals surface area contributed by atoms with Gasteiger partial charge in [0.2, 0.25) is 0 Å². The maximum Gasteiger partial charge on any atom is 0.0704 e. The molecule has 2 rings (SSSR count). The fourth-order valence-corrected chi connectivity index (χ4v) is 2.62. The first-order valence-corrected chi connectivity index (χ1v) is 6.86. The molecule has 0 heterocycles. The molecule has 2 unspecified atom stereocenters. The first-order valence-electron chi connectivity index (χ1n) is 6.86. The summed E-state index contributed by atoms with van der Waals surface area (Å²) in [5.41, 5.74) is -0.0720. The zero-order chi connectivity index (χ0) is 12.1. The van der Waals surface area contributed by atoms with Crippen molar-refractivity contribution in [3.63, 3.8) is 0 Å². The summed E-state index contributed by atoms with van der Waals surface area (Å²) in [7, 11) is 0. The minimum atomic E-state index is -0.0720. The molecule has 2 aliphatic carbocycles. The van der Waals surface area contributed by atoms with Gasteiger partial charge in [-0.2, -0.15) is 0 Å². The molecular weight excluding hydrogens is 218 g/mol. The molecule has 2 fully saturated rings. The van der Waals surface area contributed by atoms with Crippen LogP contribution in [0.3, 0.4) is 0 Å². The third-order valence-corrected chi connectivity index (χ3v) is 3.74. The highest BCUT2D eigenvalue weighted by atomic mass is 16.5. The number of hydrogen-bond donors (Lipinski definition) is 2. The third-order valence-electron chi connectivity index (χ3n) is 3.74. The van der Waals surface area contributed by atoms with E-state index < -0.39 is 0 Å². The molecule has 0 aromatic rings. The second-order valence-corrected chi connectivity index (χ2v) is 5.29. The maximum absolute atomic E-state index is 9.58. The molecule has 0 aliphatic heterocycles. The molecule has 2 N–H and O–H groups in total. The molecule has 0 saturated heterocycles. The van der Waals surface area contributed by atoms with Gasteiger partial charge in [0.05, 0.1) is 25.9 Å². The predicted molar refractivity (Wildman–Crippen MR) is 66.1 cm³/mol. The Morgan fingerprint density at radius 3 is 2.76 bits per heavy atom. The minimum absolute atomic E-state index is 0.0720. The summed E-state index contributed by atoms with van der Waals surface area (Å²) < 4.78 is 11.0. The van der Waals surface area contributed by atoms with Crippen molar-refractivity contribution in [1.82, 2.24) is 5.32 Å². The predicted octanol–water partition coefficient (Wildman–Crippen LogP) is 1.08. The van der Waals surface area contributed by atoms with Crippen LogP contribution in [-0.4, -0.2) is 49.2 Å². The van der Waals surface area contributed by atoms with E-state index in [1.54, 1.807) is 0 Å². The summed E-state index contributed by atoms with van der Waals surface area (Å²) in [5, 5.41) is 13.2. The molecule has 100 valence electrons. The normalized spacial score (nSPS) is 33.2. The van der Waals surface area contributed by atoms with Crippen LogP contribution >= 0.6 is 0 Å². The largest absolute Gasteiger partial charge is 0.394 e. The van der Waals surface area contributed by atoms with Crippen LogP contribution in [0.15, 0.2) is 0 Å². The number of ether oxygens (including phenoxy) is 2. The maximum atomic E-state index is 9.58. The molecule has 2 atom stereocenters. The molecule has 0 radical (unpaired) electrons. The van der Waals surface area contributed by atoms with Gasteiger partial charge in [-0.25, -0.2) is 0 Å². The van der Waals surface area contributed by atoms with E-state index in [-0.39, 0.29) is 18.2 Å². The van der Waals surface area contributed by atoms with Crippen molar-refractivity contribution in [2.24, 2.45) is 0 Å². The lowest BCUT2D eigenvalue weighted by molar-refractivity contribution is 0.00515. The molecule has 2 aliphatic rings. The molecule has 4 nitrogen and oxygen atoms in total. The number of hydrogen-bond acceptors (Lipinski definition) is 4. The molecule has 0 amide bonds. The van der Waals surface area contributed by atoms with Gasteiger partial charge < -0.3 is 19.9 Å². The van der Waals surface area contributed by atoms with Gasteiger partial charge in [0, 0.05) is 18.2 Å². The first kappa shape index (κ1) is 13.3. The first-order chi connectivity index (χ1) is 8.28. The van der Waals surface area contributed by atoms with Gasteiger partial charge in [-0.15, -0.1) is 0 Å². The van der Waals surface area contributed by atoms with Crippen LogP contribution in [-0.2, 0) is 9.47 Å². The van der Waals surface area contributed by atoms with Crippen LogP contribution < -0.4 is 5.32 Å². The lowest BCUT2D eigenvalue weighted by atomic mass is 9.98. The van der Waals surface area contributed by atoms with Crippen LogP contribution in [0.1, 0.15) is 39.0 Å². The van der Waals surface area contributed by atoms with Gasteiger partial charge in [-0.3, -0.25) is 0 Å². The second kappa shape index (κ2) is 6.14. The van der Waals surface area contributed by atoms with Gasteiger partial charge in [-0.05, 0) is 39.0 Å². The van der Waals surface area contributed by atoms with E-state index in [0.717, 1.165) is 25.9 Å². The van der Waals surface area contributed by atoms with E-state index in [4.69, 9.17) is 9.47 Å². The summed E-state index contributed by atoms with van der Waals surface area (Å²) in [6.45, 7) is 4.32. The molecule has 0 aromatic heterocycles. The summed E-state index contributed by atoms with van der Waals surface area (Å²) in [6, 6.07) is 0.643. The highest BCUT2D eigenvalue weighted by molar-refractivity contribution is 5.01. The van der Waals surface area contributed by atoms with Crippen LogP contribution in [0.25, 0.3) is 0 Å². The Bertz CT molecular complexity index is 233. The Kier molecular flexibility index (Phi) is 4.79. The SMILES string of the molecule is CCOCCOC1CCC(CO)(NC2CC2)C1. The lowest BCUT2D eigenvalue weighted by Gasteiger charge is -2.28. The van der Waals surface area contributed by atoms with Crippen molar-refractivity contribution in [3.8, 4) is 0 Å². The molecule has 17 heavy (non-hydrogen) atoms. The van der Waals surface area contributed by atoms with Gasteiger partial charge >= 0.3 is 0 Å². The minimum Gasteiger partial charge on any atom is -0.394 e. The van der Waals surface area contributed by atoms with E-state index in [1.165, 1.54) is 12.8 Å². The molecular formula is C13H25NO3. The van der Waals surface area contributed by atoms with Crippen LogP contribution in [0.5, 0.6) is 0 Å². The van der Waals surface area contributed by atoms with E-state index in [9.17, 15) is 5.11 Å². The van der Waals surface area contributed by atoms with Crippen molar-refractivity contribution in [1.29, 1.82) is 0 Å². The van der Waals surface area contributed by atoms with Crippen LogP contribution in [0.4, 0.5) is 0 Å². The van der Waals surface area contributed by atoms with Crippen molar-refractivity contribution in [2.75, 3.05) is 26.4 Å². The van der Waals surface area contributed by atoms with E-state index >= 15 is 0 Å². The smallest absolute Gasteiger partial charge is 0.0704 e. The zero-order valence-corrected chi connectivity index (χ0v) is 10.8. The number of aliphatic hydroxyl groups excluding tert-OH is 1. The number of rotatable bonds is 8. The summed E-state index contributed by atoms with van der Waals surface area (Å²) in [5.74, 6) is 0. The van der Waals surface area contributed by atoms with Gasteiger partial charge in [0.1, 0.15) is 0 Å². The van der Waals surface area contributed by atoms with E-state index in [1.807, 2.05) is 6.92 Å². The fraction of sp³-hybridized carbons (Fsp3) is 1.00. The van der Waals surface area contributed by atoms with Gasteiger partial charge in [0.25, 0.3) is 0 Å². The van der Waals surface area contributed by atoms with E-state index in [0.29, 0.717) is 19.3 Å². The summed E-state index contributed by atoms with van der Waals surface area (Å²) in [6.07, 6.45) is 5.82. The average Bonchev–Trinajstić information content (AvgIpc) is 3.05. The van der Waals surface area contributed by atoms with Gasteiger partial charge in [0.15, 0.2) is 0 Å². The quantitative estimate of drug-likeness (QED) is 0.626. The number of nitrogens with one attached hydrogen (secondary N) is 1. The Balaban J connectivity index is 1.68. The van der Waals surface area contributed by atoms with Crippen molar-refractivity contribution in [2.45, 2.75) is 56.7 Å². The highest BCUT2D eigenvalue weighted by Gasteiger charge is 2.42. The standard InChI is InChI=1S/C13H25NO3/c1-2-16-7-8-17-12-5-6-13(9-12,10-15)14-11-3-4-11/h11-12,14-15H,2-10H2,1H3.